The normalized spacial score (nSPS) is 17.9. The fourth-order valence-corrected chi connectivity index (χ4v) is 3.71. The predicted molar refractivity (Wildman–Crippen MR) is 74.8 cm³/mol. The number of hydrogen-bond acceptors (Lipinski definition) is 4. The zero-order valence-electron chi connectivity index (χ0n) is 10.8. The molecule has 1 saturated carbocycles. The number of aliphatic hydroxyl groups is 1. The number of halogens is 1. The van der Waals surface area contributed by atoms with Crippen LogP contribution in [-0.4, -0.2) is 25.7 Å². The number of hydrogen-bond donors (Lipinski definition) is 2. The van der Waals surface area contributed by atoms with E-state index >= 15 is 0 Å². The number of rotatable bonds is 4. The van der Waals surface area contributed by atoms with Gasteiger partial charge in [0.05, 0.1) is 21.1 Å². The Hall–Kier alpha value is -1.13. The molecule has 0 aliphatic heterocycles. The van der Waals surface area contributed by atoms with Crippen LogP contribution in [0.4, 0.5) is 0 Å². The Kier molecular flexibility index (Phi) is 4.35. The Morgan fingerprint density at radius 1 is 1.40 bits per heavy atom. The molecule has 5 nitrogen and oxygen atoms in total. The van der Waals surface area contributed by atoms with Crippen molar-refractivity contribution in [3.8, 4) is 6.07 Å². The molecule has 0 aromatic heterocycles. The van der Waals surface area contributed by atoms with Gasteiger partial charge in [0.2, 0.25) is 10.0 Å². The molecule has 0 saturated heterocycles. The molecule has 0 unspecified atom stereocenters. The number of nitriles is 1. The lowest BCUT2D eigenvalue weighted by atomic mass is 10.0. The molecule has 1 aromatic rings. The van der Waals surface area contributed by atoms with Gasteiger partial charge in [-0.05, 0) is 31.0 Å². The summed E-state index contributed by atoms with van der Waals surface area (Å²) in [7, 11) is -3.74. The van der Waals surface area contributed by atoms with Crippen molar-refractivity contribution in [2.75, 3.05) is 6.54 Å². The molecule has 1 aromatic carbocycles. The van der Waals surface area contributed by atoms with Gasteiger partial charge in [-0.25, -0.2) is 13.1 Å². The fourth-order valence-electron chi connectivity index (χ4n) is 2.28. The lowest BCUT2D eigenvalue weighted by Crippen LogP contribution is -2.40. The van der Waals surface area contributed by atoms with Gasteiger partial charge in [0, 0.05) is 6.54 Å². The van der Waals surface area contributed by atoms with E-state index in [2.05, 4.69) is 4.72 Å². The maximum atomic E-state index is 12.1. The van der Waals surface area contributed by atoms with Crippen molar-refractivity contribution >= 4 is 21.6 Å². The van der Waals surface area contributed by atoms with Crippen LogP contribution in [0.25, 0.3) is 0 Å². The van der Waals surface area contributed by atoms with Crippen LogP contribution in [0.1, 0.15) is 31.2 Å². The van der Waals surface area contributed by atoms with Gasteiger partial charge in [-0.2, -0.15) is 5.26 Å². The zero-order valence-corrected chi connectivity index (χ0v) is 12.3. The quantitative estimate of drug-likeness (QED) is 0.886. The largest absolute Gasteiger partial charge is 0.389 e. The van der Waals surface area contributed by atoms with Crippen molar-refractivity contribution < 1.29 is 13.5 Å². The summed E-state index contributed by atoms with van der Waals surface area (Å²) >= 11 is 5.83. The van der Waals surface area contributed by atoms with Gasteiger partial charge in [0.15, 0.2) is 0 Å². The summed E-state index contributed by atoms with van der Waals surface area (Å²) in [5.41, 5.74) is -0.733. The Balaban J connectivity index is 2.14. The minimum absolute atomic E-state index is 0.00699. The smallest absolute Gasteiger partial charge is 0.240 e. The van der Waals surface area contributed by atoms with E-state index in [1.165, 1.54) is 18.2 Å². The van der Waals surface area contributed by atoms with Crippen molar-refractivity contribution in [3.05, 3.63) is 28.8 Å². The van der Waals surface area contributed by atoms with Gasteiger partial charge in [-0.3, -0.25) is 0 Å². The van der Waals surface area contributed by atoms with Crippen molar-refractivity contribution in [1.82, 2.24) is 4.72 Å². The van der Waals surface area contributed by atoms with Crippen LogP contribution in [0, 0.1) is 11.3 Å². The summed E-state index contributed by atoms with van der Waals surface area (Å²) in [6.07, 6.45) is 3.01. The van der Waals surface area contributed by atoms with Crippen LogP contribution in [0.2, 0.25) is 5.02 Å². The molecular formula is C13H15ClN2O3S. The van der Waals surface area contributed by atoms with Crippen molar-refractivity contribution in [2.45, 2.75) is 36.2 Å². The monoisotopic (exact) mass is 314 g/mol. The van der Waals surface area contributed by atoms with Gasteiger partial charge in [0.25, 0.3) is 0 Å². The van der Waals surface area contributed by atoms with E-state index in [0.29, 0.717) is 12.8 Å². The number of benzene rings is 1. The highest BCUT2D eigenvalue weighted by Gasteiger charge is 2.32. The fraction of sp³-hybridized carbons (Fsp3) is 0.462. The van der Waals surface area contributed by atoms with Gasteiger partial charge in [0.1, 0.15) is 6.07 Å². The number of nitrogens with one attached hydrogen (secondary N) is 1. The highest BCUT2D eigenvalue weighted by atomic mass is 35.5. The highest BCUT2D eigenvalue weighted by Crippen LogP contribution is 2.29. The third-order valence-electron chi connectivity index (χ3n) is 3.50. The first-order valence-electron chi connectivity index (χ1n) is 6.28. The molecule has 7 heteroatoms. The molecule has 1 fully saturated rings. The van der Waals surface area contributed by atoms with Crippen molar-refractivity contribution in [3.63, 3.8) is 0 Å². The van der Waals surface area contributed by atoms with E-state index in [0.717, 1.165) is 12.8 Å². The molecule has 0 heterocycles. The third-order valence-corrected chi connectivity index (χ3v) is 5.21. The van der Waals surface area contributed by atoms with E-state index in [1.54, 1.807) is 0 Å². The van der Waals surface area contributed by atoms with E-state index < -0.39 is 15.6 Å². The summed E-state index contributed by atoms with van der Waals surface area (Å²) in [5, 5.41) is 19.0. The van der Waals surface area contributed by atoms with Crippen LogP contribution in [0.5, 0.6) is 0 Å². The summed E-state index contributed by atoms with van der Waals surface area (Å²) in [4.78, 5) is -0.0110. The van der Waals surface area contributed by atoms with E-state index in [9.17, 15) is 13.5 Å². The average Bonchev–Trinajstić information content (AvgIpc) is 2.84. The predicted octanol–water partition coefficient (Wildman–Crippen LogP) is 1.80. The first kappa shape index (κ1) is 15.3. The topological polar surface area (TPSA) is 90.2 Å². The first-order valence-corrected chi connectivity index (χ1v) is 8.14. The van der Waals surface area contributed by atoms with Crippen LogP contribution in [0.3, 0.4) is 0 Å². The summed E-state index contributed by atoms with van der Waals surface area (Å²) < 4.78 is 26.6. The van der Waals surface area contributed by atoms with E-state index in [1.807, 2.05) is 6.07 Å². The summed E-state index contributed by atoms with van der Waals surface area (Å²) in [6.45, 7) is -0.00699. The van der Waals surface area contributed by atoms with Crippen molar-refractivity contribution in [1.29, 1.82) is 5.26 Å². The van der Waals surface area contributed by atoms with Crippen LogP contribution in [0.15, 0.2) is 23.1 Å². The SMILES string of the molecule is N#Cc1ccc(S(=O)(=O)NCC2(O)CCCC2)cc1Cl. The maximum Gasteiger partial charge on any atom is 0.240 e. The molecule has 0 atom stereocenters. The minimum atomic E-state index is -3.74. The second kappa shape index (κ2) is 5.70. The van der Waals surface area contributed by atoms with E-state index in [4.69, 9.17) is 16.9 Å². The molecule has 0 bridgehead atoms. The highest BCUT2D eigenvalue weighted by molar-refractivity contribution is 7.89. The van der Waals surface area contributed by atoms with E-state index in [-0.39, 0.29) is 22.0 Å². The van der Waals surface area contributed by atoms with Crippen molar-refractivity contribution in [2.24, 2.45) is 0 Å². The van der Waals surface area contributed by atoms with Gasteiger partial charge >= 0.3 is 0 Å². The van der Waals surface area contributed by atoms with Gasteiger partial charge < -0.3 is 5.11 Å². The third kappa shape index (κ3) is 3.30. The Bertz CT molecular complexity index is 646. The molecule has 1 aliphatic carbocycles. The molecule has 108 valence electrons. The summed E-state index contributed by atoms with van der Waals surface area (Å²) in [5.74, 6) is 0. The second-order valence-electron chi connectivity index (χ2n) is 5.01. The minimum Gasteiger partial charge on any atom is -0.389 e. The molecular weight excluding hydrogens is 300 g/mol. The Labute approximate surface area is 123 Å². The number of nitrogens with zero attached hydrogens (tertiary/aromatic N) is 1. The molecule has 1 aliphatic rings. The average molecular weight is 315 g/mol. The van der Waals surface area contributed by atoms with Gasteiger partial charge in [-0.1, -0.05) is 24.4 Å². The second-order valence-corrected chi connectivity index (χ2v) is 7.18. The lowest BCUT2D eigenvalue weighted by Gasteiger charge is -2.22. The summed E-state index contributed by atoms with van der Waals surface area (Å²) in [6, 6.07) is 5.79. The molecule has 0 spiro atoms. The lowest BCUT2D eigenvalue weighted by molar-refractivity contribution is 0.0532. The van der Waals surface area contributed by atoms with Crippen LogP contribution < -0.4 is 4.72 Å². The standard InChI is InChI=1S/C13H15ClN2O3S/c14-12-7-11(4-3-10(12)8-15)20(18,19)16-9-13(17)5-1-2-6-13/h3-4,7,16-17H,1-2,5-6,9H2. The molecule has 20 heavy (non-hydrogen) atoms. The Morgan fingerprint density at radius 2 is 2.05 bits per heavy atom. The molecule has 2 rings (SSSR count). The van der Waals surface area contributed by atoms with Gasteiger partial charge in [-0.15, -0.1) is 0 Å². The molecule has 2 N–H and O–H groups in total. The molecule has 0 radical (unpaired) electrons. The van der Waals surface area contributed by atoms with Crippen LogP contribution >= 0.6 is 11.6 Å². The molecule has 0 amide bonds. The zero-order chi connectivity index (χ0) is 14.8. The first-order chi connectivity index (χ1) is 9.36. The Morgan fingerprint density at radius 3 is 2.60 bits per heavy atom. The number of sulfonamides is 1. The van der Waals surface area contributed by atoms with Crippen LogP contribution in [-0.2, 0) is 10.0 Å². The maximum absolute atomic E-state index is 12.1.